The maximum absolute atomic E-state index is 12.4. The summed E-state index contributed by atoms with van der Waals surface area (Å²) in [5.41, 5.74) is 14.1. The van der Waals surface area contributed by atoms with Crippen molar-refractivity contribution in [3.63, 3.8) is 0 Å². The molecule has 4 nitrogen and oxygen atoms in total. The monoisotopic (exact) mass is 1110 g/mol. The Morgan fingerprint density at radius 1 is 0.600 bits per heavy atom. The minimum atomic E-state index is -2.64. The van der Waals surface area contributed by atoms with Gasteiger partial charge in [0, 0.05) is 41.2 Å². The molecule has 0 spiro atoms. The number of fused-ring (bicyclic) bond motifs is 1. The first-order valence-corrected chi connectivity index (χ1v) is 24.0. The number of benzene rings is 7. The minimum absolute atomic E-state index is 0. The zero-order valence-electron chi connectivity index (χ0n) is 48.1. The molecule has 0 saturated heterocycles. The number of hydrogen-bond acceptors (Lipinski definition) is 3. The number of phenolic OH excluding ortho intramolecular Hbond substituents is 1. The molecule has 7 aromatic carbocycles. The zero-order chi connectivity index (χ0) is 54.2. The summed E-state index contributed by atoms with van der Waals surface area (Å²) in [5, 5.41) is 12.4. The number of imidazole rings is 1. The average molecular weight is 1110 g/mol. The average Bonchev–Trinajstić information content (AvgIpc) is 3.74. The maximum Gasteiger partial charge on any atom is 0.148 e. The van der Waals surface area contributed by atoms with Gasteiger partial charge in [0.2, 0.25) is 0 Å². The fourth-order valence-corrected chi connectivity index (χ4v) is 9.42. The third kappa shape index (κ3) is 9.73. The van der Waals surface area contributed by atoms with Crippen LogP contribution in [0, 0.1) is 12.9 Å². The summed E-state index contributed by atoms with van der Waals surface area (Å²) in [6.07, 6.45) is 1.83. The fraction of sp³-hybridized carbons (Fsp3) is 0.262. The smallest absolute Gasteiger partial charge is 0.148 e. The molecule has 0 aliphatic heterocycles. The molecule has 0 fully saturated rings. The molecule has 70 heavy (non-hydrogen) atoms. The minimum Gasteiger partial charge on any atom is -0.507 e. The Labute approximate surface area is 439 Å². The van der Waals surface area contributed by atoms with Crippen LogP contribution < -0.4 is 0 Å². The predicted octanol–water partition coefficient (Wildman–Crippen LogP) is 18.0. The number of pyridine rings is 1. The number of para-hydroxylation sites is 1. The molecule has 2 heterocycles. The van der Waals surface area contributed by atoms with Crippen molar-refractivity contribution in [3.8, 4) is 78.6 Å². The first-order chi connectivity index (χ1) is 35.1. The van der Waals surface area contributed by atoms with Crippen LogP contribution in [-0.4, -0.2) is 19.6 Å². The van der Waals surface area contributed by atoms with E-state index in [9.17, 15) is 13.3 Å². The molecule has 0 saturated carbocycles. The Balaban J connectivity index is 0.00000765. The maximum atomic E-state index is 12.4. The summed E-state index contributed by atoms with van der Waals surface area (Å²) >= 11 is 0. The molecule has 0 amide bonds. The number of nitrogens with zero attached hydrogens (tertiary/aromatic N) is 3. The second-order valence-corrected chi connectivity index (χ2v) is 20.3. The van der Waals surface area contributed by atoms with E-state index in [0.29, 0.717) is 33.4 Å². The van der Waals surface area contributed by atoms with Crippen LogP contribution in [0.5, 0.6) is 5.75 Å². The Morgan fingerprint density at radius 2 is 1.24 bits per heavy atom. The summed E-state index contributed by atoms with van der Waals surface area (Å²) < 4.78 is 56.9. The van der Waals surface area contributed by atoms with Crippen LogP contribution in [0.1, 0.15) is 141 Å². The second kappa shape index (κ2) is 20.2. The van der Waals surface area contributed by atoms with Gasteiger partial charge in [-0.2, -0.15) is 0 Å². The van der Waals surface area contributed by atoms with Crippen molar-refractivity contribution in [2.45, 2.75) is 112 Å². The van der Waals surface area contributed by atoms with Gasteiger partial charge in [-0.25, -0.2) is 4.98 Å². The van der Waals surface area contributed by atoms with Crippen LogP contribution >= 0.6 is 0 Å². The molecule has 0 bridgehead atoms. The number of hydrogen-bond donors (Lipinski definition) is 1. The second-order valence-electron chi connectivity index (χ2n) is 20.3. The van der Waals surface area contributed by atoms with Crippen LogP contribution in [0.25, 0.3) is 83.9 Å². The van der Waals surface area contributed by atoms with E-state index in [4.69, 9.17) is 9.97 Å². The van der Waals surface area contributed by atoms with Gasteiger partial charge in [0.25, 0.3) is 0 Å². The molecular formula is C65H66N3OPt-. The van der Waals surface area contributed by atoms with E-state index in [1.807, 2.05) is 97.4 Å². The fourth-order valence-electron chi connectivity index (χ4n) is 9.42. The van der Waals surface area contributed by atoms with Crippen molar-refractivity contribution in [1.82, 2.24) is 14.5 Å². The molecule has 1 N–H and O–H groups in total. The molecule has 5 heteroatoms. The number of rotatable bonds is 11. The summed E-state index contributed by atoms with van der Waals surface area (Å²) in [6.45, 7) is 18.7. The molecule has 0 radical (unpaired) electrons. The largest absolute Gasteiger partial charge is 0.507 e. The summed E-state index contributed by atoms with van der Waals surface area (Å²) in [4.78, 5) is 10.3. The van der Waals surface area contributed by atoms with Crippen molar-refractivity contribution in [2.75, 3.05) is 0 Å². The summed E-state index contributed by atoms with van der Waals surface area (Å²) in [5.74, 6) is -3.25. The topological polar surface area (TPSA) is 50.9 Å². The van der Waals surface area contributed by atoms with E-state index in [1.165, 1.54) is 0 Å². The van der Waals surface area contributed by atoms with Crippen molar-refractivity contribution in [1.29, 1.82) is 0 Å². The summed E-state index contributed by atoms with van der Waals surface area (Å²) in [6, 6.07) is 51.7. The van der Waals surface area contributed by atoms with Crippen LogP contribution in [0.2, 0.25) is 0 Å². The number of phenols is 1. The van der Waals surface area contributed by atoms with Gasteiger partial charge >= 0.3 is 0 Å². The molecule has 0 atom stereocenters. The number of aromatic hydroxyl groups is 1. The van der Waals surface area contributed by atoms with Gasteiger partial charge in [-0.3, -0.25) is 9.55 Å². The van der Waals surface area contributed by atoms with E-state index in [1.54, 1.807) is 45.9 Å². The molecule has 0 unspecified atom stereocenters. The normalized spacial score (nSPS) is 13.8. The third-order valence-corrected chi connectivity index (χ3v) is 13.3. The molecule has 358 valence electrons. The number of aromatic nitrogens is 3. The molecular weight excluding hydrogens is 1030 g/mol. The molecule has 0 aliphatic rings. The van der Waals surface area contributed by atoms with Gasteiger partial charge in [-0.05, 0) is 127 Å². The molecule has 2 aromatic heterocycles. The first kappa shape index (κ1) is 42.5. The van der Waals surface area contributed by atoms with Gasteiger partial charge < -0.3 is 5.11 Å². The molecule has 9 aromatic rings. The van der Waals surface area contributed by atoms with E-state index in [0.717, 1.165) is 66.9 Å². The van der Waals surface area contributed by atoms with Gasteiger partial charge in [-0.1, -0.05) is 190 Å². The Morgan fingerprint density at radius 3 is 1.90 bits per heavy atom. The van der Waals surface area contributed by atoms with Gasteiger partial charge in [0.05, 0.1) is 22.3 Å². The molecule has 9 rings (SSSR count). The Bertz CT molecular complexity index is 3610. The van der Waals surface area contributed by atoms with Crippen molar-refractivity contribution in [2.24, 2.45) is 0 Å². The van der Waals surface area contributed by atoms with Crippen LogP contribution in [0.3, 0.4) is 0 Å². The summed E-state index contributed by atoms with van der Waals surface area (Å²) in [7, 11) is 0. The van der Waals surface area contributed by atoms with Crippen LogP contribution in [-0.2, 0) is 26.5 Å². The first-order valence-electron chi connectivity index (χ1n) is 27.0. The van der Waals surface area contributed by atoms with E-state index >= 15 is 0 Å². The van der Waals surface area contributed by atoms with Crippen molar-refractivity contribution < 1.29 is 34.4 Å². The predicted molar refractivity (Wildman–Crippen MR) is 292 cm³/mol. The number of aryl methyl sites for hydroxylation is 1. The standard InChI is InChI=1S/C65H66N3O.Pt/c1-39(2)49-36-56(42(7)8)63(69)57(37-49)64-67-62-55(22-17-23-60(62)68(64)59-29-28-48(32-43(59)9)61-53(40(3)4)20-16-21-54(61)41(5)6)50-33-51(35-52(34-50)65(10,11)12)58-38-47(30-31-66-58)46-26-24-45(25-27-46)44-18-14-13-15-19-44;/h13-32,34-42,69H,1-12H3;/q-1;/i9D3,39D,40D,42D;. The Hall–Kier alpha value is -6.35. The van der Waals surface area contributed by atoms with Gasteiger partial charge in [0.15, 0.2) is 0 Å². The molecule has 0 aliphatic carbocycles. The SMILES string of the molecule is [2H]C([2H])([2H])c1cc(-c2c(C(C)C)cccc2C([2H])(C)C)ccc1-n1c(-c2cc(C([2H])(C)C)cc(C([2H])(C)C)c2O)nc2c(-c3[c-]c(-c4cc(-c5ccc(-c6ccccc6)cc5)ccn4)cc(C(C)(C)C)c3)cccc21.[Pt]. The zero-order valence-corrected chi connectivity index (χ0v) is 44.4. The van der Waals surface area contributed by atoms with Crippen molar-refractivity contribution >= 4 is 11.0 Å². The van der Waals surface area contributed by atoms with Gasteiger partial charge in [0.1, 0.15) is 11.6 Å². The van der Waals surface area contributed by atoms with Crippen LogP contribution in [0.4, 0.5) is 0 Å². The van der Waals surface area contributed by atoms with E-state index in [-0.39, 0.29) is 55.1 Å². The van der Waals surface area contributed by atoms with Crippen LogP contribution in [0.15, 0.2) is 152 Å². The third-order valence-electron chi connectivity index (χ3n) is 13.3. The van der Waals surface area contributed by atoms with Crippen molar-refractivity contribution in [3.05, 3.63) is 191 Å². The van der Waals surface area contributed by atoms with E-state index in [2.05, 4.69) is 95.3 Å². The Kier molecular flexibility index (Phi) is 12.3. The van der Waals surface area contributed by atoms with E-state index < -0.39 is 24.5 Å². The quantitative estimate of drug-likeness (QED) is 0.131. The van der Waals surface area contributed by atoms with Gasteiger partial charge in [-0.15, -0.1) is 29.3 Å².